The van der Waals surface area contributed by atoms with Gasteiger partial charge in [0.2, 0.25) is 11.8 Å². The van der Waals surface area contributed by atoms with Crippen LogP contribution in [-0.2, 0) is 4.79 Å². The molecule has 7 nitrogen and oxygen atoms in total. The normalized spacial score (nSPS) is 18.4. The number of carbonyl (C=O) groups excluding carboxylic acids is 2. The molecule has 1 aliphatic heterocycles. The molecule has 1 fully saturated rings. The molecule has 0 radical (unpaired) electrons. The third kappa shape index (κ3) is 3.17. The summed E-state index contributed by atoms with van der Waals surface area (Å²) in [5.41, 5.74) is 5.80. The lowest BCUT2D eigenvalue weighted by Crippen LogP contribution is -2.45. The van der Waals surface area contributed by atoms with Gasteiger partial charge < -0.3 is 20.7 Å². The van der Waals surface area contributed by atoms with Crippen molar-refractivity contribution in [1.82, 2.24) is 9.88 Å². The molecule has 7 heteroatoms. The Balaban J connectivity index is 2.02. The highest BCUT2D eigenvalue weighted by molar-refractivity contribution is 5.91. The highest BCUT2D eigenvalue weighted by Crippen LogP contribution is 2.22. The van der Waals surface area contributed by atoms with Gasteiger partial charge in [0.1, 0.15) is 5.69 Å². The number of nitrogens with two attached hydrogens (primary N) is 1. The summed E-state index contributed by atoms with van der Waals surface area (Å²) in [5, 5.41) is 2.74. The smallest absolute Gasteiger partial charge is 0.322 e. The molecule has 0 bridgehead atoms. The van der Waals surface area contributed by atoms with Gasteiger partial charge in [-0.15, -0.1) is 0 Å². The van der Waals surface area contributed by atoms with Crippen molar-refractivity contribution >= 4 is 17.6 Å². The van der Waals surface area contributed by atoms with Crippen LogP contribution in [0.1, 0.15) is 12.8 Å². The summed E-state index contributed by atoms with van der Waals surface area (Å²) in [6.07, 6.45) is 3.08. The molecule has 1 atom stereocenters. The van der Waals surface area contributed by atoms with E-state index in [1.54, 1.807) is 23.2 Å². The number of hydrogen-bond donors (Lipinski definition) is 2. The first kappa shape index (κ1) is 14.1. The Bertz CT molecular complexity index is 506. The Labute approximate surface area is 117 Å². The molecule has 2 rings (SSSR count). The van der Waals surface area contributed by atoms with Crippen LogP contribution in [0.5, 0.6) is 5.88 Å². The van der Waals surface area contributed by atoms with Crippen molar-refractivity contribution < 1.29 is 14.3 Å². The molecule has 3 N–H and O–H groups in total. The molecule has 0 aliphatic carbocycles. The lowest BCUT2D eigenvalue weighted by molar-refractivity contribution is -0.123. The molecule has 108 valence electrons. The number of methoxy groups -OCH3 is 1. The summed E-state index contributed by atoms with van der Waals surface area (Å²) in [7, 11) is 1.49. The zero-order valence-corrected chi connectivity index (χ0v) is 11.3. The second-order valence-corrected chi connectivity index (χ2v) is 4.68. The molecular formula is C13H18N4O3. The summed E-state index contributed by atoms with van der Waals surface area (Å²) >= 11 is 0. The number of rotatable bonds is 3. The number of hydrogen-bond acceptors (Lipinski definition) is 4. The van der Waals surface area contributed by atoms with E-state index < -0.39 is 0 Å². The molecule has 0 spiro atoms. The number of ether oxygens (including phenoxy) is 1. The first-order chi connectivity index (χ1) is 9.61. The average Bonchev–Trinajstić information content (AvgIpc) is 2.48. The largest absolute Gasteiger partial charge is 0.480 e. The fourth-order valence-corrected chi connectivity index (χ4v) is 2.24. The standard InChI is InChI=1S/C13H18N4O3/c1-20-12-10(5-2-6-15-12)16-13(19)17-7-3-4-9(8-17)11(14)18/h2,5-6,9H,3-4,7-8H2,1H3,(H2,14,18)(H,16,19)/t9-/m0/s1. The van der Waals surface area contributed by atoms with Gasteiger partial charge in [0.05, 0.1) is 13.0 Å². The molecule has 0 saturated carbocycles. The van der Waals surface area contributed by atoms with Crippen LogP contribution in [0.4, 0.5) is 10.5 Å². The number of amides is 3. The lowest BCUT2D eigenvalue weighted by atomic mass is 9.98. The first-order valence-corrected chi connectivity index (χ1v) is 6.46. The molecule has 1 aliphatic rings. The SMILES string of the molecule is COc1ncccc1NC(=O)N1CCC[C@H](C(N)=O)C1. The Morgan fingerprint density at radius 3 is 3.05 bits per heavy atom. The quantitative estimate of drug-likeness (QED) is 0.855. The van der Waals surface area contributed by atoms with E-state index in [0.717, 1.165) is 12.8 Å². The molecule has 0 aromatic carbocycles. The van der Waals surface area contributed by atoms with Crippen LogP contribution in [0.25, 0.3) is 0 Å². The molecule has 0 unspecified atom stereocenters. The highest BCUT2D eigenvalue weighted by atomic mass is 16.5. The van der Waals surface area contributed by atoms with Crippen molar-refractivity contribution in [2.45, 2.75) is 12.8 Å². The minimum absolute atomic E-state index is 0.273. The second kappa shape index (κ2) is 6.23. The van der Waals surface area contributed by atoms with Gasteiger partial charge in [0.25, 0.3) is 0 Å². The second-order valence-electron chi connectivity index (χ2n) is 4.68. The monoisotopic (exact) mass is 278 g/mol. The first-order valence-electron chi connectivity index (χ1n) is 6.46. The predicted molar refractivity (Wildman–Crippen MR) is 73.3 cm³/mol. The van der Waals surface area contributed by atoms with E-state index in [9.17, 15) is 9.59 Å². The van der Waals surface area contributed by atoms with Crippen molar-refractivity contribution in [3.63, 3.8) is 0 Å². The number of nitrogens with one attached hydrogen (secondary N) is 1. The van der Waals surface area contributed by atoms with Gasteiger partial charge in [0, 0.05) is 19.3 Å². The van der Waals surface area contributed by atoms with E-state index in [2.05, 4.69) is 10.3 Å². The number of primary amides is 1. The summed E-state index contributed by atoms with van der Waals surface area (Å²) in [6, 6.07) is 3.14. The third-order valence-electron chi connectivity index (χ3n) is 3.32. The van der Waals surface area contributed by atoms with E-state index in [4.69, 9.17) is 10.5 Å². The number of likely N-dealkylation sites (tertiary alicyclic amines) is 1. The fraction of sp³-hybridized carbons (Fsp3) is 0.462. The maximum atomic E-state index is 12.2. The van der Waals surface area contributed by atoms with Gasteiger partial charge in [0.15, 0.2) is 0 Å². The van der Waals surface area contributed by atoms with E-state index in [0.29, 0.717) is 24.7 Å². The Kier molecular flexibility index (Phi) is 4.39. The van der Waals surface area contributed by atoms with Crippen molar-refractivity contribution in [2.75, 3.05) is 25.5 Å². The molecular weight excluding hydrogens is 260 g/mol. The van der Waals surface area contributed by atoms with Crippen LogP contribution < -0.4 is 15.8 Å². The number of piperidine rings is 1. The zero-order valence-electron chi connectivity index (χ0n) is 11.3. The van der Waals surface area contributed by atoms with Gasteiger partial charge in [-0.3, -0.25) is 4.79 Å². The van der Waals surface area contributed by atoms with Crippen LogP contribution in [0.3, 0.4) is 0 Å². The maximum absolute atomic E-state index is 12.2. The van der Waals surface area contributed by atoms with E-state index in [-0.39, 0.29) is 17.9 Å². The van der Waals surface area contributed by atoms with Crippen molar-refractivity contribution in [3.8, 4) is 5.88 Å². The van der Waals surface area contributed by atoms with Crippen LogP contribution in [-0.4, -0.2) is 42.0 Å². The Morgan fingerprint density at radius 1 is 1.55 bits per heavy atom. The summed E-state index contributed by atoms with van der Waals surface area (Å²) in [4.78, 5) is 29.0. The fourth-order valence-electron chi connectivity index (χ4n) is 2.24. The number of urea groups is 1. The molecule has 1 saturated heterocycles. The number of pyridine rings is 1. The molecule has 1 aromatic rings. The lowest BCUT2D eigenvalue weighted by Gasteiger charge is -2.31. The molecule has 3 amide bonds. The number of aromatic nitrogens is 1. The van der Waals surface area contributed by atoms with Gasteiger partial charge in [-0.25, -0.2) is 9.78 Å². The van der Waals surface area contributed by atoms with Crippen LogP contribution in [0.2, 0.25) is 0 Å². The van der Waals surface area contributed by atoms with E-state index in [1.165, 1.54) is 7.11 Å². The number of carbonyl (C=O) groups is 2. The van der Waals surface area contributed by atoms with Crippen LogP contribution in [0, 0.1) is 5.92 Å². The molecule has 20 heavy (non-hydrogen) atoms. The summed E-state index contributed by atoms with van der Waals surface area (Å²) in [5.74, 6) is -0.281. The zero-order chi connectivity index (χ0) is 14.5. The Morgan fingerprint density at radius 2 is 2.35 bits per heavy atom. The molecule has 1 aromatic heterocycles. The highest BCUT2D eigenvalue weighted by Gasteiger charge is 2.27. The summed E-state index contributed by atoms with van der Waals surface area (Å²) < 4.78 is 5.07. The van der Waals surface area contributed by atoms with Gasteiger partial charge in [-0.1, -0.05) is 0 Å². The van der Waals surface area contributed by atoms with Crippen LogP contribution in [0.15, 0.2) is 18.3 Å². The Hall–Kier alpha value is -2.31. The topological polar surface area (TPSA) is 97.6 Å². The van der Waals surface area contributed by atoms with Crippen molar-refractivity contribution in [2.24, 2.45) is 11.7 Å². The van der Waals surface area contributed by atoms with Gasteiger partial charge in [-0.2, -0.15) is 0 Å². The van der Waals surface area contributed by atoms with Gasteiger partial charge in [-0.05, 0) is 25.0 Å². The van der Waals surface area contributed by atoms with Crippen LogP contribution >= 0.6 is 0 Å². The minimum Gasteiger partial charge on any atom is -0.480 e. The number of anilines is 1. The predicted octanol–water partition coefficient (Wildman–Crippen LogP) is 0.819. The minimum atomic E-state index is -0.360. The average molecular weight is 278 g/mol. The van der Waals surface area contributed by atoms with Gasteiger partial charge >= 0.3 is 6.03 Å². The van der Waals surface area contributed by atoms with E-state index >= 15 is 0 Å². The third-order valence-corrected chi connectivity index (χ3v) is 3.32. The van der Waals surface area contributed by atoms with Crippen molar-refractivity contribution in [1.29, 1.82) is 0 Å². The van der Waals surface area contributed by atoms with E-state index in [1.807, 2.05) is 0 Å². The van der Waals surface area contributed by atoms with Crippen molar-refractivity contribution in [3.05, 3.63) is 18.3 Å². The summed E-state index contributed by atoms with van der Waals surface area (Å²) in [6.45, 7) is 0.960. The molecule has 2 heterocycles. The number of nitrogens with zero attached hydrogens (tertiary/aromatic N) is 2. The maximum Gasteiger partial charge on any atom is 0.322 e.